The average Bonchev–Trinajstić information content (AvgIpc) is 2.38. The van der Waals surface area contributed by atoms with Gasteiger partial charge >= 0.3 is 0 Å². The van der Waals surface area contributed by atoms with Gasteiger partial charge in [-0.15, -0.1) is 0 Å². The number of benzene rings is 2. The summed E-state index contributed by atoms with van der Waals surface area (Å²) in [4.78, 5) is -0.251. The van der Waals surface area contributed by atoms with E-state index in [1.165, 1.54) is 12.1 Å². The van der Waals surface area contributed by atoms with Gasteiger partial charge in [0.1, 0.15) is 10.8 Å². The van der Waals surface area contributed by atoms with Crippen LogP contribution in [0.15, 0.2) is 28.7 Å². The second kappa shape index (κ2) is 6.21. The van der Waals surface area contributed by atoms with Crippen LogP contribution < -0.4 is 11.1 Å². The first kappa shape index (κ1) is 16.1. The molecule has 0 saturated carbocycles. The Morgan fingerprint density at radius 3 is 2.43 bits per heavy atom. The van der Waals surface area contributed by atoms with Crippen LogP contribution in [0.4, 0.5) is 24.5 Å². The second-order valence-electron chi connectivity index (χ2n) is 4.02. The summed E-state index contributed by atoms with van der Waals surface area (Å²) in [6, 6.07) is 4.70. The molecule has 0 unspecified atom stereocenters. The van der Waals surface area contributed by atoms with E-state index in [0.717, 1.165) is 12.1 Å². The monoisotopic (exact) mass is 394 g/mol. The highest BCUT2D eigenvalue weighted by Crippen LogP contribution is 2.35. The zero-order valence-corrected chi connectivity index (χ0v) is 13.3. The zero-order chi connectivity index (χ0) is 15.7. The lowest BCUT2D eigenvalue weighted by Crippen LogP contribution is -2.13. The molecule has 2 aromatic rings. The molecule has 0 spiro atoms. The van der Waals surface area contributed by atoms with Crippen LogP contribution >= 0.6 is 39.7 Å². The number of halogens is 5. The highest BCUT2D eigenvalue weighted by molar-refractivity contribution is 9.10. The van der Waals surface area contributed by atoms with E-state index in [-0.39, 0.29) is 31.4 Å². The van der Waals surface area contributed by atoms with Crippen molar-refractivity contribution in [1.29, 1.82) is 0 Å². The van der Waals surface area contributed by atoms with Gasteiger partial charge < -0.3 is 11.1 Å². The normalized spacial score (nSPS) is 10.5. The molecule has 0 aliphatic rings. The number of hydrogen-bond acceptors (Lipinski definition) is 2. The van der Waals surface area contributed by atoms with Gasteiger partial charge in [0.25, 0.3) is 0 Å². The van der Waals surface area contributed by atoms with Crippen molar-refractivity contribution in [3.63, 3.8) is 0 Å². The van der Waals surface area contributed by atoms with Crippen LogP contribution in [0.1, 0.15) is 5.56 Å². The van der Waals surface area contributed by atoms with Gasteiger partial charge in [-0.1, -0.05) is 23.8 Å². The minimum Gasteiger partial charge on any atom is -0.389 e. The Morgan fingerprint density at radius 2 is 1.86 bits per heavy atom. The Balaban J connectivity index is 2.46. The Labute approximate surface area is 137 Å². The van der Waals surface area contributed by atoms with Crippen molar-refractivity contribution < 1.29 is 13.2 Å². The lowest BCUT2D eigenvalue weighted by atomic mass is 10.1. The van der Waals surface area contributed by atoms with Gasteiger partial charge in [-0.3, -0.25) is 0 Å². The van der Waals surface area contributed by atoms with E-state index in [0.29, 0.717) is 0 Å². The van der Waals surface area contributed by atoms with E-state index in [1.807, 2.05) is 0 Å². The van der Waals surface area contributed by atoms with E-state index in [4.69, 9.17) is 17.3 Å². The molecule has 0 atom stereocenters. The number of rotatable bonds is 3. The fourth-order valence-corrected chi connectivity index (χ4v) is 2.69. The van der Waals surface area contributed by atoms with Gasteiger partial charge in [-0.2, -0.15) is 0 Å². The van der Waals surface area contributed by atoms with Crippen molar-refractivity contribution in [1.82, 2.24) is 0 Å². The van der Waals surface area contributed by atoms with Crippen LogP contribution in [0.25, 0.3) is 0 Å². The number of hydrogen-bond donors (Lipinski definition) is 2. The summed E-state index contributed by atoms with van der Waals surface area (Å²) in [5, 5.41) is 2.61. The van der Waals surface area contributed by atoms with Gasteiger partial charge in [0, 0.05) is 10.0 Å². The van der Waals surface area contributed by atoms with Crippen molar-refractivity contribution in [3.8, 4) is 0 Å². The molecule has 0 aliphatic heterocycles. The minimum absolute atomic E-state index is 0.0140. The predicted molar refractivity (Wildman–Crippen MR) is 84.6 cm³/mol. The first-order valence-corrected chi connectivity index (χ1v) is 7.08. The average molecular weight is 396 g/mol. The highest BCUT2D eigenvalue weighted by atomic mass is 79.9. The Morgan fingerprint density at radius 1 is 1.19 bits per heavy atom. The summed E-state index contributed by atoms with van der Waals surface area (Å²) in [6.45, 7) is 0. The molecule has 0 radical (unpaired) electrons. The van der Waals surface area contributed by atoms with E-state index in [2.05, 4.69) is 33.5 Å². The number of nitrogens with two attached hydrogens (primary N) is 1. The molecule has 2 nitrogen and oxygen atoms in total. The van der Waals surface area contributed by atoms with Crippen LogP contribution in [-0.4, -0.2) is 4.99 Å². The molecular formula is C13H7BrClF3N2S. The first-order valence-electron chi connectivity index (χ1n) is 5.50. The zero-order valence-electron chi connectivity index (χ0n) is 10.2. The molecule has 8 heteroatoms. The summed E-state index contributed by atoms with van der Waals surface area (Å²) < 4.78 is 41.2. The van der Waals surface area contributed by atoms with Crippen molar-refractivity contribution in [2.45, 2.75) is 0 Å². The summed E-state index contributed by atoms with van der Waals surface area (Å²) in [7, 11) is 0. The van der Waals surface area contributed by atoms with Gasteiger partial charge in [0.2, 0.25) is 0 Å². The summed E-state index contributed by atoms with van der Waals surface area (Å²) >= 11 is 13.6. The predicted octanol–water partition coefficient (Wildman–Crippen LogP) is 4.90. The van der Waals surface area contributed by atoms with E-state index < -0.39 is 17.5 Å². The maximum absolute atomic E-state index is 14.0. The molecule has 21 heavy (non-hydrogen) atoms. The number of nitrogens with one attached hydrogen (secondary N) is 1. The van der Waals surface area contributed by atoms with Crippen LogP contribution in [0.5, 0.6) is 0 Å². The van der Waals surface area contributed by atoms with Gasteiger partial charge in [-0.25, -0.2) is 13.2 Å². The van der Waals surface area contributed by atoms with Gasteiger partial charge in [-0.05, 0) is 40.2 Å². The maximum atomic E-state index is 14.0. The molecule has 0 aromatic heterocycles. The van der Waals surface area contributed by atoms with Crippen LogP contribution in [0.2, 0.25) is 5.02 Å². The topological polar surface area (TPSA) is 38.0 Å². The van der Waals surface area contributed by atoms with Crippen LogP contribution in [0.3, 0.4) is 0 Å². The number of thiocarbonyl (C=S) groups is 1. The molecular weight excluding hydrogens is 389 g/mol. The Bertz CT molecular complexity index is 717. The quantitative estimate of drug-likeness (QED) is 0.726. The largest absolute Gasteiger partial charge is 0.389 e. The third-order valence-corrected chi connectivity index (χ3v) is 3.76. The lowest BCUT2D eigenvalue weighted by molar-refractivity contribution is 0.510. The van der Waals surface area contributed by atoms with Crippen molar-refractivity contribution in [3.05, 3.63) is 56.8 Å². The molecule has 0 saturated heterocycles. The summed E-state index contributed by atoms with van der Waals surface area (Å²) in [6.07, 6.45) is 0. The second-order valence-corrected chi connectivity index (χ2v) is 5.72. The fraction of sp³-hybridized carbons (Fsp3) is 0. The van der Waals surface area contributed by atoms with Crippen LogP contribution in [-0.2, 0) is 0 Å². The molecule has 3 N–H and O–H groups in total. The van der Waals surface area contributed by atoms with Crippen molar-refractivity contribution >= 4 is 56.1 Å². The van der Waals surface area contributed by atoms with E-state index in [9.17, 15) is 13.2 Å². The van der Waals surface area contributed by atoms with Gasteiger partial charge in [0.15, 0.2) is 11.6 Å². The minimum atomic E-state index is -1.16. The third-order valence-electron chi connectivity index (χ3n) is 2.61. The smallest absolute Gasteiger partial charge is 0.182 e. The molecule has 2 rings (SSSR count). The molecule has 0 aliphatic carbocycles. The van der Waals surface area contributed by atoms with Gasteiger partial charge in [0.05, 0.1) is 16.4 Å². The van der Waals surface area contributed by atoms with Crippen LogP contribution in [0, 0.1) is 17.5 Å². The number of anilines is 2. The molecule has 110 valence electrons. The maximum Gasteiger partial charge on any atom is 0.182 e. The Kier molecular flexibility index (Phi) is 4.75. The lowest BCUT2D eigenvalue weighted by Gasteiger charge is -2.13. The van der Waals surface area contributed by atoms with Crippen molar-refractivity contribution in [2.24, 2.45) is 5.73 Å². The third kappa shape index (κ3) is 3.30. The van der Waals surface area contributed by atoms with Crippen molar-refractivity contribution in [2.75, 3.05) is 5.32 Å². The molecule has 0 heterocycles. The molecule has 0 fully saturated rings. The first-order chi connectivity index (χ1) is 9.81. The summed E-state index contributed by atoms with van der Waals surface area (Å²) in [5.41, 5.74) is 5.12. The fourth-order valence-electron chi connectivity index (χ4n) is 1.63. The van der Waals surface area contributed by atoms with E-state index >= 15 is 0 Å². The SMILES string of the molecule is NC(=S)c1ccc(Nc2c(Cl)cc(F)cc2Br)c(F)c1F. The Hall–Kier alpha value is -1.31. The standard InChI is InChI=1S/C13H7BrClF3N2S/c14-7-3-5(16)4-8(15)12(7)20-9-2-1-6(13(19)21)10(17)11(9)18/h1-4,20H,(H2,19,21). The molecule has 0 bridgehead atoms. The molecule has 0 amide bonds. The highest BCUT2D eigenvalue weighted by Gasteiger charge is 2.17. The molecule has 2 aromatic carbocycles. The summed E-state index contributed by atoms with van der Waals surface area (Å²) in [5.74, 6) is -2.89. The van der Waals surface area contributed by atoms with E-state index in [1.54, 1.807) is 0 Å².